The number of nitrogens with zero attached hydrogens (tertiary/aromatic N) is 1. The molecule has 2 nitrogen and oxygen atoms in total. The highest BCUT2D eigenvalue weighted by Crippen LogP contribution is 2.26. The lowest BCUT2D eigenvalue weighted by atomic mass is 10.1. The monoisotopic (exact) mass is 300 g/mol. The Balaban J connectivity index is 1.77. The van der Waals surface area contributed by atoms with E-state index in [9.17, 15) is 0 Å². The Labute approximate surface area is 131 Å². The Morgan fingerprint density at radius 2 is 1.86 bits per heavy atom. The number of nitrogens with one attached hydrogen (secondary N) is 1. The van der Waals surface area contributed by atoms with Crippen molar-refractivity contribution in [1.29, 1.82) is 0 Å². The minimum Gasteiger partial charge on any atom is -0.381 e. The molecule has 1 fully saturated rings. The summed E-state index contributed by atoms with van der Waals surface area (Å²) in [6, 6.07) is 14.7. The summed E-state index contributed by atoms with van der Waals surface area (Å²) < 4.78 is 0. The summed E-state index contributed by atoms with van der Waals surface area (Å²) in [7, 11) is 0. The number of halogens is 1. The van der Waals surface area contributed by atoms with Gasteiger partial charge in [-0.05, 0) is 49.1 Å². The van der Waals surface area contributed by atoms with E-state index in [1.54, 1.807) is 0 Å². The molecule has 0 saturated carbocycles. The zero-order chi connectivity index (χ0) is 14.7. The first-order valence-electron chi connectivity index (χ1n) is 7.57. The Hall–Kier alpha value is -1.67. The van der Waals surface area contributed by atoms with Gasteiger partial charge < -0.3 is 10.2 Å². The van der Waals surface area contributed by atoms with Crippen LogP contribution in [0.1, 0.15) is 24.0 Å². The number of benzene rings is 2. The summed E-state index contributed by atoms with van der Waals surface area (Å²) in [5.74, 6) is 0. The van der Waals surface area contributed by atoms with Crippen molar-refractivity contribution < 1.29 is 0 Å². The second-order valence-electron chi connectivity index (χ2n) is 5.64. The molecule has 0 unspecified atom stereocenters. The Morgan fingerprint density at radius 3 is 2.67 bits per heavy atom. The molecule has 1 saturated heterocycles. The molecule has 110 valence electrons. The molecule has 0 aromatic heterocycles. The third-order valence-electron chi connectivity index (χ3n) is 4.11. The number of para-hydroxylation sites is 1. The number of aryl methyl sites for hydroxylation is 1. The number of anilines is 2. The van der Waals surface area contributed by atoms with Crippen LogP contribution in [0, 0.1) is 6.92 Å². The van der Waals surface area contributed by atoms with Crippen LogP contribution in [0.5, 0.6) is 0 Å². The highest BCUT2D eigenvalue weighted by molar-refractivity contribution is 6.30. The second kappa shape index (κ2) is 6.40. The summed E-state index contributed by atoms with van der Waals surface area (Å²) in [5.41, 5.74) is 5.04. The maximum absolute atomic E-state index is 6.09. The van der Waals surface area contributed by atoms with E-state index in [4.69, 9.17) is 11.6 Å². The highest BCUT2D eigenvalue weighted by atomic mass is 35.5. The molecule has 3 heteroatoms. The molecule has 0 spiro atoms. The Morgan fingerprint density at radius 1 is 1.10 bits per heavy atom. The van der Waals surface area contributed by atoms with Crippen LogP contribution in [0.15, 0.2) is 42.5 Å². The first-order valence-corrected chi connectivity index (χ1v) is 7.95. The predicted octanol–water partition coefficient (Wildman–Crippen LogP) is 4.86. The van der Waals surface area contributed by atoms with Crippen LogP contribution >= 0.6 is 11.6 Å². The van der Waals surface area contributed by atoms with Crippen LogP contribution in [0.25, 0.3) is 0 Å². The zero-order valence-electron chi connectivity index (χ0n) is 12.4. The van der Waals surface area contributed by atoms with Crippen molar-refractivity contribution in [1.82, 2.24) is 0 Å². The van der Waals surface area contributed by atoms with Gasteiger partial charge in [0.25, 0.3) is 0 Å². The van der Waals surface area contributed by atoms with Crippen molar-refractivity contribution in [3.8, 4) is 0 Å². The van der Waals surface area contributed by atoms with Gasteiger partial charge >= 0.3 is 0 Å². The van der Waals surface area contributed by atoms with Gasteiger partial charge in [-0.1, -0.05) is 35.9 Å². The zero-order valence-corrected chi connectivity index (χ0v) is 13.2. The maximum atomic E-state index is 6.09. The lowest BCUT2D eigenvalue weighted by Crippen LogP contribution is -2.20. The summed E-state index contributed by atoms with van der Waals surface area (Å²) in [6.45, 7) is 5.28. The lowest BCUT2D eigenvalue weighted by Gasteiger charge is -2.22. The molecule has 1 aliphatic rings. The minimum atomic E-state index is 0.774. The smallest absolute Gasteiger partial charge is 0.0426 e. The third-order valence-corrected chi connectivity index (χ3v) is 4.34. The largest absolute Gasteiger partial charge is 0.381 e. The fraction of sp³-hybridized carbons (Fsp3) is 0.333. The van der Waals surface area contributed by atoms with Crippen LogP contribution in [0.2, 0.25) is 5.02 Å². The molecule has 0 radical (unpaired) electrons. The molecule has 1 aliphatic heterocycles. The average Bonchev–Trinajstić information content (AvgIpc) is 3.03. The Bertz CT molecular complexity index is 618. The van der Waals surface area contributed by atoms with Crippen molar-refractivity contribution in [2.75, 3.05) is 23.3 Å². The SMILES string of the molecule is Cc1ccc(Cl)cc1NCc1ccccc1N1CCCC1. The normalized spacial score (nSPS) is 14.5. The van der Waals surface area contributed by atoms with Crippen molar-refractivity contribution >= 4 is 23.0 Å². The van der Waals surface area contributed by atoms with Gasteiger partial charge in [-0.2, -0.15) is 0 Å². The predicted molar refractivity (Wildman–Crippen MR) is 91.4 cm³/mol. The lowest BCUT2D eigenvalue weighted by molar-refractivity contribution is 0.949. The maximum Gasteiger partial charge on any atom is 0.0426 e. The molecule has 2 aromatic rings. The van der Waals surface area contributed by atoms with Crippen molar-refractivity contribution in [2.24, 2.45) is 0 Å². The first-order chi connectivity index (χ1) is 10.2. The van der Waals surface area contributed by atoms with Crippen molar-refractivity contribution in [3.05, 3.63) is 58.6 Å². The van der Waals surface area contributed by atoms with Gasteiger partial charge in [-0.15, -0.1) is 0 Å². The van der Waals surface area contributed by atoms with Gasteiger partial charge in [0, 0.05) is 36.0 Å². The fourth-order valence-corrected chi connectivity index (χ4v) is 3.07. The van der Waals surface area contributed by atoms with E-state index in [1.165, 1.54) is 42.7 Å². The molecular weight excluding hydrogens is 280 g/mol. The number of hydrogen-bond donors (Lipinski definition) is 1. The van der Waals surface area contributed by atoms with Gasteiger partial charge in [0.2, 0.25) is 0 Å². The molecule has 0 aliphatic carbocycles. The van der Waals surface area contributed by atoms with E-state index in [0.29, 0.717) is 0 Å². The second-order valence-corrected chi connectivity index (χ2v) is 6.07. The molecule has 2 aromatic carbocycles. The molecule has 0 amide bonds. The molecule has 1 heterocycles. The Kier molecular flexibility index (Phi) is 4.35. The van der Waals surface area contributed by atoms with Crippen LogP contribution in [-0.4, -0.2) is 13.1 Å². The molecule has 1 N–H and O–H groups in total. The fourth-order valence-electron chi connectivity index (χ4n) is 2.90. The van der Waals surface area contributed by atoms with Crippen LogP contribution in [-0.2, 0) is 6.54 Å². The van der Waals surface area contributed by atoms with Gasteiger partial charge in [-0.3, -0.25) is 0 Å². The molecule has 0 bridgehead atoms. The number of hydrogen-bond acceptors (Lipinski definition) is 2. The molecular formula is C18H21ClN2. The van der Waals surface area contributed by atoms with Gasteiger partial charge in [0.1, 0.15) is 0 Å². The van der Waals surface area contributed by atoms with E-state index >= 15 is 0 Å². The van der Waals surface area contributed by atoms with E-state index < -0.39 is 0 Å². The number of rotatable bonds is 4. The molecule has 3 rings (SSSR count). The summed E-state index contributed by atoms with van der Waals surface area (Å²) >= 11 is 6.09. The quantitative estimate of drug-likeness (QED) is 0.867. The minimum absolute atomic E-state index is 0.774. The van der Waals surface area contributed by atoms with Gasteiger partial charge in [0.15, 0.2) is 0 Å². The summed E-state index contributed by atoms with van der Waals surface area (Å²) in [6.07, 6.45) is 2.60. The summed E-state index contributed by atoms with van der Waals surface area (Å²) in [5, 5.41) is 4.30. The van der Waals surface area contributed by atoms with E-state index in [0.717, 1.165) is 17.3 Å². The average molecular weight is 301 g/mol. The highest BCUT2D eigenvalue weighted by Gasteiger charge is 2.15. The molecule has 21 heavy (non-hydrogen) atoms. The van der Waals surface area contributed by atoms with Crippen LogP contribution < -0.4 is 10.2 Å². The standard InChI is InChI=1S/C18H21ClN2/c1-14-8-9-16(19)12-17(14)20-13-15-6-2-3-7-18(15)21-10-4-5-11-21/h2-3,6-9,12,20H,4-5,10-11,13H2,1H3. The molecule has 0 atom stereocenters. The van der Waals surface area contributed by atoms with E-state index in [-0.39, 0.29) is 0 Å². The topological polar surface area (TPSA) is 15.3 Å². The summed E-state index contributed by atoms with van der Waals surface area (Å²) in [4.78, 5) is 2.49. The van der Waals surface area contributed by atoms with Crippen LogP contribution in [0.4, 0.5) is 11.4 Å². The van der Waals surface area contributed by atoms with Crippen molar-refractivity contribution in [2.45, 2.75) is 26.3 Å². The van der Waals surface area contributed by atoms with E-state index in [1.807, 2.05) is 12.1 Å². The van der Waals surface area contributed by atoms with Crippen LogP contribution in [0.3, 0.4) is 0 Å². The third kappa shape index (κ3) is 3.33. The van der Waals surface area contributed by atoms with Crippen molar-refractivity contribution in [3.63, 3.8) is 0 Å². The van der Waals surface area contributed by atoms with Gasteiger partial charge in [-0.25, -0.2) is 0 Å². The van der Waals surface area contributed by atoms with E-state index in [2.05, 4.69) is 47.5 Å². The van der Waals surface area contributed by atoms with Gasteiger partial charge in [0.05, 0.1) is 0 Å². The first kappa shape index (κ1) is 14.3.